The first-order chi connectivity index (χ1) is 17.8. The molecule has 214 valence electrons. The van der Waals surface area contributed by atoms with E-state index in [1.54, 1.807) is 36.5 Å². The number of hydrogen-bond acceptors (Lipinski definition) is 8. The molecule has 1 aliphatic heterocycles. The Kier molecular flexibility index (Phi) is 11.2. The molecule has 0 atom stereocenters. The summed E-state index contributed by atoms with van der Waals surface area (Å²) >= 11 is 0. The van der Waals surface area contributed by atoms with E-state index in [0.29, 0.717) is 35.6 Å². The Morgan fingerprint density at radius 2 is 1.55 bits per heavy atom. The number of nitrogens with one attached hydrogen (secondary N) is 1. The van der Waals surface area contributed by atoms with Crippen molar-refractivity contribution in [1.82, 2.24) is 9.97 Å². The molecule has 14 heteroatoms. The summed E-state index contributed by atoms with van der Waals surface area (Å²) in [5, 5.41) is 10.3. The Labute approximate surface area is 250 Å². The smallest absolute Gasteiger partial charge is 0.336 e. The highest BCUT2D eigenvalue weighted by Gasteiger charge is 2.22. The summed E-state index contributed by atoms with van der Waals surface area (Å²) in [6.07, 6.45) is 1.76. The largest absolute Gasteiger partial charge is 0.497 e. The van der Waals surface area contributed by atoms with Crippen molar-refractivity contribution in [2.24, 2.45) is 0 Å². The van der Waals surface area contributed by atoms with Crippen molar-refractivity contribution >= 4 is 81.4 Å². The Balaban J connectivity index is 0.00000187. The van der Waals surface area contributed by atoms with Crippen molar-refractivity contribution in [3.8, 4) is 5.75 Å². The molecule has 1 saturated heterocycles. The summed E-state index contributed by atoms with van der Waals surface area (Å²) in [5.74, 6) is 0.897. The van der Waals surface area contributed by atoms with Gasteiger partial charge in [-0.3, -0.25) is 4.72 Å². The van der Waals surface area contributed by atoms with Gasteiger partial charge in [-0.15, -0.1) is 37.2 Å². The van der Waals surface area contributed by atoms with Crippen molar-refractivity contribution in [3.05, 3.63) is 78.5 Å². The van der Waals surface area contributed by atoms with Crippen molar-refractivity contribution in [1.29, 1.82) is 0 Å². The van der Waals surface area contributed by atoms with Crippen molar-refractivity contribution in [3.63, 3.8) is 0 Å². The van der Waals surface area contributed by atoms with Crippen molar-refractivity contribution < 1.29 is 23.1 Å². The van der Waals surface area contributed by atoms with Crippen LogP contribution in [0.2, 0.25) is 0 Å². The fraction of sp³-hybridized carbons (Fsp3) is 0.192. The lowest BCUT2D eigenvalue weighted by Gasteiger charge is -2.36. The van der Waals surface area contributed by atoms with Crippen LogP contribution in [-0.2, 0) is 10.0 Å². The molecule has 0 spiro atoms. The summed E-state index contributed by atoms with van der Waals surface area (Å²) < 4.78 is 33.3. The number of ether oxygens (including phenoxy) is 1. The van der Waals surface area contributed by atoms with Crippen LogP contribution >= 0.6 is 37.2 Å². The second kappa shape index (κ2) is 13.7. The van der Waals surface area contributed by atoms with Crippen LogP contribution in [0, 0.1) is 0 Å². The molecule has 0 radical (unpaired) electrons. The van der Waals surface area contributed by atoms with Gasteiger partial charge < -0.3 is 19.6 Å². The third-order valence-electron chi connectivity index (χ3n) is 6.22. The lowest BCUT2D eigenvalue weighted by molar-refractivity contribution is 0.0699. The molecule has 3 heterocycles. The Bertz CT molecular complexity index is 1550. The molecule has 5 rings (SSSR count). The van der Waals surface area contributed by atoms with Crippen molar-refractivity contribution in [2.75, 3.05) is 47.8 Å². The third-order valence-corrected chi connectivity index (χ3v) is 7.62. The van der Waals surface area contributed by atoms with Crippen LogP contribution in [0.1, 0.15) is 10.4 Å². The SMILES string of the molecule is COc1ccc(S(=O)(=O)Nc2ccc3nc(N4CCN(c5ccccn5)CC4)cc(C(=O)O)c3c2)cc1.Cl.Cl.Cl. The number of carboxylic acid groups (broad SMARTS) is 1. The van der Waals surface area contributed by atoms with Crippen LogP contribution in [0.5, 0.6) is 5.75 Å². The fourth-order valence-corrected chi connectivity index (χ4v) is 5.34. The summed E-state index contributed by atoms with van der Waals surface area (Å²) in [7, 11) is -2.39. The number of halogens is 3. The molecule has 2 aromatic heterocycles. The molecule has 2 N–H and O–H groups in total. The molecule has 40 heavy (non-hydrogen) atoms. The predicted octanol–water partition coefficient (Wildman–Crippen LogP) is 4.73. The van der Waals surface area contributed by atoms with Gasteiger partial charge >= 0.3 is 5.97 Å². The highest BCUT2D eigenvalue weighted by Crippen LogP contribution is 2.28. The number of anilines is 3. The Morgan fingerprint density at radius 1 is 0.900 bits per heavy atom. The number of hydrogen-bond donors (Lipinski definition) is 2. The highest BCUT2D eigenvalue weighted by molar-refractivity contribution is 7.92. The first-order valence-electron chi connectivity index (χ1n) is 11.6. The maximum atomic E-state index is 12.8. The second-order valence-electron chi connectivity index (χ2n) is 8.51. The number of nitrogens with zero attached hydrogens (tertiary/aromatic N) is 4. The van der Waals surface area contributed by atoms with Gasteiger partial charge in [0.1, 0.15) is 17.4 Å². The summed E-state index contributed by atoms with van der Waals surface area (Å²) in [5.41, 5.74) is 0.761. The van der Waals surface area contributed by atoms with Gasteiger partial charge in [0.05, 0.1) is 23.1 Å². The predicted molar refractivity (Wildman–Crippen MR) is 163 cm³/mol. The molecule has 4 aromatic rings. The minimum absolute atomic E-state index is 0. The first kappa shape index (κ1) is 32.7. The highest BCUT2D eigenvalue weighted by atomic mass is 35.5. The van der Waals surface area contributed by atoms with Gasteiger partial charge in [0.15, 0.2) is 0 Å². The first-order valence-corrected chi connectivity index (χ1v) is 13.1. The van der Waals surface area contributed by atoms with E-state index in [2.05, 4.69) is 14.6 Å². The third kappa shape index (κ3) is 6.97. The second-order valence-corrected chi connectivity index (χ2v) is 10.2. The van der Waals surface area contributed by atoms with Gasteiger partial charge in [-0.05, 0) is 60.7 Å². The summed E-state index contributed by atoms with van der Waals surface area (Å²) in [6, 6.07) is 18.0. The van der Waals surface area contributed by atoms with Crippen LogP contribution in [0.4, 0.5) is 17.3 Å². The number of aromatic nitrogens is 2. The van der Waals surface area contributed by atoms with Crippen LogP contribution in [0.15, 0.2) is 77.8 Å². The van der Waals surface area contributed by atoms with Gasteiger partial charge in [0, 0.05) is 43.4 Å². The zero-order valence-corrected chi connectivity index (χ0v) is 24.5. The zero-order valence-electron chi connectivity index (χ0n) is 21.3. The molecule has 0 aliphatic carbocycles. The quantitative estimate of drug-likeness (QED) is 0.299. The summed E-state index contributed by atoms with van der Waals surface area (Å²) in [6.45, 7) is 2.78. The number of benzene rings is 2. The average molecular weight is 629 g/mol. The minimum atomic E-state index is -3.88. The van der Waals surface area contributed by atoms with Gasteiger partial charge in [0.2, 0.25) is 0 Å². The fourth-order valence-electron chi connectivity index (χ4n) is 4.29. The summed E-state index contributed by atoms with van der Waals surface area (Å²) in [4.78, 5) is 25.5. The van der Waals surface area contributed by atoms with Gasteiger partial charge in [-0.1, -0.05) is 6.07 Å². The van der Waals surface area contributed by atoms with E-state index in [-0.39, 0.29) is 53.4 Å². The lowest BCUT2D eigenvalue weighted by atomic mass is 10.1. The molecule has 0 saturated carbocycles. The molecule has 1 fully saturated rings. The minimum Gasteiger partial charge on any atom is -0.497 e. The van der Waals surface area contributed by atoms with E-state index in [4.69, 9.17) is 9.72 Å². The molecule has 1 aliphatic rings. The van der Waals surface area contributed by atoms with E-state index in [1.165, 1.54) is 25.3 Å². The maximum Gasteiger partial charge on any atom is 0.336 e. The molecule has 2 aromatic carbocycles. The van der Waals surface area contributed by atoms with E-state index in [0.717, 1.165) is 18.9 Å². The normalized spacial score (nSPS) is 12.9. The Morgan fingerprint density at radius 3 is 2.12 bits per heavy atom. The number of methoxy groups -OCH3 is 1. The number of fused-ring (bicyclic) bond motifs is 1. The number of carbonyl (C=O) groups is 1. The van der Waals surface area contributed by atoms with E-state index >= 15 is 0 Å². The van der Waals surface area contributed by atoms with E-state index < -0.39 is 16.0 Å². The molecular formula is C26H28Cl3N5O5S. The zero-order chi connectivity index (χ0) is 26.0. The maximum absolute atomic E-state index is 12.8. The lowest BCUT2D eigenvalue weighted by Crippen LogP contribution is -2.47. The number of pyridine rings is 2. The number of sulfonamides is 1. The van der Waals surface area contributed by atoms with E-state index in [1.807, 2.05) is 23.1 Å². The Hall–Kier alpha value is -3.51. The molecule has 0 unspecified atom stereocenters. The number of rotatable bonds is 7. The van der Waals surface area contributed by atoms with Crippen LogP contribution in [0.25, 0.3) is 10.9 Å². The number of carboxylic acids is 1. The number of aromatic carboxylic acids is 1. The standard InChI is InChI=1S/C26H25N5O5S.3ClH/c1-36-19-6-8-20(9-7-19)37(34,35)29-18-5-10-23-21(16-18)22(26(32)33)17-25(28-23)31-14-12-30(13-15-31)24-4-2-3-11-27-24;;;/h2-11,16-17,29H,12-15H2,1H3,(H,32,33);3*1H. The van der Waals surface area contributed by atoms with Gasteiger partial charge in [0.25, 0.3) is 10.0 Å². The molecule has 0 bridgehead atoms. The van der Waals surface area contributed by atoms with Crippen LogP contribution in [-0.4, -0.2) is 62.8 Å². The average Bonchev–Trinajstić information content (AvgIpc) is 2.93. The monoisotopic (exact) mass is 627 g/mol. The van der Waals surface area contributed by atoms with Gasteiger partial charge in [-0.2, -0.15) is 0 Å². The molecule has 0 amide bonds. The molecular weight excluding hydrogens is 601 g/mol. The van der Waals surface area contributed by atoms with Crippen molar-refractivity contribution in [2.45, 2.75) is 4.90 Å². The number of piperazine rings is 1. The topological polar surface area (TPSA) is 125 Å². The van der Waals surface area contributed by atoms with E-state index in [9.17, 15) is 18.3 Å². The van der Waals surface area contributed by atoms with Crippen LogP contribution in [0.3, 0.4) is 0 Å². The molecule has 10 nitrogen and oxygen atoms in total. The van der Waals surface area contributed by atoms with Crippen LogP contribution < -0.4 is 19.3 Å². The van der Waals surface area contributed by atoms with Gasteiger partial charge in [-0.25, -0.2) is 23.2 Å².